The van der Waals surface area contributed by atoms with Crippen LogP contribution in [0.4, 0.5) is 13.2 Å². The van der Waals surface area contributed by atoms with E-state index in [0.717, 1.165) is 24.2 Å². The fraction of sp³-hybridized carbons (Fsp3) is 0.471. The van der Waals surface area contributed by atoms with Gasteiger partial charge in [-0.15, -0.1) is 0 Å². The minimum absolute atomic E-state index is 0.0141. The van der Waals surface area contributed by atoms with E-state index in [2.05, 4.69) is 10.1 Å². The summed E-state index contributed by atoms with van der Waals surface area (Å²) in [6, 6.07) is 2.25. The van der Waals surface area contributed by atoms with Gasteiger partial charge >= 0.3 is 6.18 Å². The van der Waals surface area contributed by atoms with Gasteiger partial charge in [-0.3, -0.25) is 4.79 Å². The Balaban J connectivity index is 1.83. The van der Waals surface area contributed by atoms with E-state index in [1.807, 2.05) is 0 Å². The quantitative estimate of drug-likeness (QED) is 0.900. The highest BCUT2D eigenvalue weighted by atomic mass is 19.4. The maximum absolute atomic E-state index is 12.7. The van der Waals surface area contributed by atoms with Crippen molar-refractivity contribution in [2.24, 2.45) is 5.73 Å². The molecule has 2 aromatic heterocycles. The molecule has 3 heterocycles. The van der Waals surface area contributed by atoms with Crippen LogP contribution in [0, 0.1) is 13.8 Å². The summed E-state index contributed by atoms with van der Waals surface area (Å²) >= 11 is 0. The average Bonchev–Trinajstić information content (AvgIpc) is 3.13. The van der Waals surface area contributed by atoms with E-state index < -0.39 is 11.7 Å². The van der Waals surface area contributed by atoms with Gasteiger partial charge in [0.05, 0.1) is 17.7 Å². The topological polar surface area (TPSA) is 77.0 Å². The van der Waals surface area contributed by atoms with Crippen LogP contribution < -0.4 is 5.73 Å². The van der Waals surface area contributed by atoms with Gasteiger partial charge in [0, 0.05) is 36.6 Å². The van der Waals surface area contributed by atoms with Crippen molar-refractivity contribution in [2.45, 2.75) is 38.9 Å². The third kappa shape index (κ3) is 3.57. The number of hydrogen-bond donors (Lipinski definition) is 1. The van der Waals surface area contributed by atoms with E-state index in [0.29, 0.717) is 24.5 Å². The molecule has 0 bridgehead atoms. The van der Waals surface area contributed by atoms with E-state index in [4.69, 9.17) is 5.73 Å². The molecule has 2 aromatic rings. The molecule has 1 atom stereocenters. The molecular formula is C17H20F3N5O. The first kappa shape index (κ1) is 18.4. The number of halogens is 3. The average molecular weight is 367 g/mol. The van der Waals surface area contributed by atoms with Crippen molar-refractivity contribution in [2.75, 3.05) is 13.1 Å². The molecule has 0 aliphatic carbocycles. The molecule has 1 aliphatic rings. The van der Waals surface area contributed by atoms with E-state index in [-0.39, 0.29) is 24.2 Å². The number of likely N-dealkylation sites (tertiary alicyclic amines) is 1. The summed E-state index contributed by atoms with van der Waals surface area (Å²) in [6.45, 7) is 4.74. The molecule has 9 heteroatoms. The summed E-state index contributed by atoms with van der Waals surface area (Å²) in [7, 11) is 0. The van der Waals surface area contributed by atoms with Crippen LogP contribution in [-0.2, 0) is 17.4 Å². The van der Waals surface area contributed by atoms with Gasteiger partial charge in [-0.2, -0.15) is 18.3 Å². The third-order valence-corrected chi connectivity index (χ3v) is 4.64. The number of alkyl halides is 3. The normalized spacial score (nSPS) is 17.8. The Morgan fingerprint density at radius 2 is 2.08 bits per heavy atom. The lowest BCUT2D eigenvalue weighted by molar-refractivity contribution is -0.137. The molecule has 140 valence electrons. The Morgan fingerprint density at radius 1 is 1.35 bits per heavy atom. The zero-order valence-electron chi connectivity index (χ0n) is 14.5. The summed E-state index contributed by atoms with van der Waals surface area (Å²) in [6.07, 6.45) is -2.68. The Kier molecular flexibility index (Phi) is 4.74. The fourth-order valence-corrected chi connectivity index (χ4v) is 3.11. The standard InChI is InChI=1S/C17H20F3N5O/c1-10-14(7-16(26)24-6-5-13(21)9-24)11(2)25(23-10)15-4-3-12(8-22-15)17(18,19)20/h3-4,8,13H,5-7,9,21H2,1-2H3/t13-/m0/s1. The fourth-order valence-electron chi connectivity index (χ4n) is 3.11. The minimum atomic E-state index is -4.44. The Labute approximate surface area is 148 Å². The van der Waals surface area contributed by atoms with Gasteiger partial charge in [-0.1, -0.05) is 0 Å². The van der Waals surface area contributed by atoms with E-state index in [1.165, 1.54) is 10.7 Å². The molecule has 0 radical (unpaired) electrons. The molecule has 6 nitrogen and oxygen atoms in total. The smallest absolute Gasteiger partial charge is 0.341 e. The summed E-state index contributed by atoms with van der Waals surface area (Å²) < 4.78 is 39.5. The number of amides is 1. The molecule has 2 N–H and O–H groups in total. The Hall–Kier alpha value is -2.42. The molecule has 0 saturated carbocycles. The molecule has 0 spiro atoms. The Bertz CT molecular complexity index is 813. The van der Waals surface area contributed by atoms with Crippen molar-refractivity contribution in [3.8, 4) is 5.82 Å². The van der Waals surface area contributed by atoms with Crippen molar-refractivity contribution in [1.82, 2.24) is 19.7 Å². The first-order valence-corrected chi connectivity index (χ1v) is 8.29. The largest absolute Gasteiger partial charge is 0.417 e. The van der Waals surface area contributed by atoms with Gasteiger partial charge < -0.3 is 10.6 Å². The monoisotopic (exact) mass is 367 g/mol. The zero-order chi connectivity index (χ0) is 19.1. The highest BCUT2D eigenvalue weighted by Crippen LogP contribution is 2.29. The molecule has 1 aliphatic heterocycles. The van der Waals surface area contributed by atoms with Crippen LogP contribution in [0.3, 0.4) is 0 Å². The molecular weight excluding hydrogens is 347 g/mol. The van der Waals surface area contributed by atoms with Crippen molar-refractivity contribution >= 4 is 5.91 Å². The Morgan fingerprint density at radius 3 is 2.62 bits per heavy atom. The van der Waals surface area contributed by atoms with Gasteiger partial charge in [0.2, 0.25) is 5.91 Å². The second-order valence-electron chi connectivity index (χ2n) is 6.53. The molecule has 26 heavy (non-hydrogen) atoms. The van der Waals surface area contributed by atoms with Gasteiger partial charge in [-0.25, -0.2) is 9.67 Å². The van der Waals surface area contributed by atoms with E-state index in [9.17, 15) is 18.0 Å². The van der Waals surface area contributed by atoms with Crippen LogP contribution in [0.5, 0.6) is 0 Å². The first-order valence-electron chi connectivity index (χ1n) is 8.29. The number of hydrogen-bond acceptors (Lipinski definition) is 4. The van der Waals surface area contributed by atoms with Crippen LogP contribution in [0.25, 0.3) is 5.82 Å². The lowest BCUT2D eigenvalue weighted by atomic mass is 10.1. The molecule has 1 amide bonds. The molecule has 0 aromatic carbocycles. The van der Waals surface area contributed by atoms with Gasteiger partial charge in [0.15, 0.2) is 5.82 Å². The van der Waals surface area contributed by atoms with Gasteiger partial charge in [-0.05, 0) is 32.4 Å². The van der Waals surface area contributed by atoms with Crippen molar-refractivity contribution in [3.63, 3.8) is 0 Å². The highest BCUT2D eigenvalue weighted by molar-refractivity contribution is 5.79. The number of aromatic nitrogens is 3. The summed E-state index contributed by atoms with van der Waals surface area (Å²) in [4.78, 5) is 18.1. The number of nitrogens with zero attached hydrogens (tertiary/aromatic N) is 4. The number of carbonyl (C=O) groups excluding carboxylic acids is 1. The number of nitrogens with two attached hydrogens (primary N) is 1. The number of aryl methyl sites for hydroxylation is 1. The minimum Gasteiger partial charge on any atom is -0.341 e. The maximum Gasteiger partial charge on any atom is 0.417 e. The van der Waals surface area contributed by atoms with E-state index in [1.54, 1.807) is 18.7 Å². The second-order valence-corrected chi connectivity index (χ2v) is 6.53. The maximum atomic E-state index is 12.7. The van der Waals surface area contributed by atoms with Crippen LogP contribution >= 0.6 is 0 Å². The predicted molar refractivity (Wildman–Crippen MR) is 88.7 cm³/mol. The summed E-state index contributed by atoms with van der Waals surface area (Å²) in [5.41, 5.74) is 7.13. The number of carbonyl (C=O) groups is 1. The van der Waals surface area contributed by atoms with Crippen LogP contribution in [0.2, 0.25) is 0 Å². The van der Waals surface area contributed by atoms with Crippen LogP contribution in [0.1, 0.15) is 28.9 Å². The van der Waals surface area contributed by atoms with Crippen molar-refractivity contribution < 1.29 is 18.0 Å². The first-order chi connectivity index (χ1) is 12.2. The van der Waals surface area contributed by atoms with Crippen molar-refractivity contribution in [1.29, 1.82) is 0 Å². The predicted octanol–water partition coefficient (Wildman–Crippen LogP) is 2.01. The molecule has 3 rings (SSSR count). The highest BCUT2D eigenvalue weighted by Gasteiger charge is 2.31. The van der Waals surface area contributed by atoms with E-state index >= 15 is 0 Å². The number of rotatable bonds is 3. The second kappa shape index (κ2) is 6.71. The SMILES string of the molecule is Cc1nn(-c2ccc(C(F)(F)F)cn2)c(C)c1CC(=O)N1CC[C@H](N)C1. The van der Waals surface area contributed by atoms with Crippen LogP contribution in [-0.4, -0.2) is 44.7 Å². The number of pyridine rings is 1. The lowest BCUT2D eigenvalue weighted by Gasteiger charge is -2.15. The summed E-state index contributed by atoms with van der Waals surface area (Å²) in [5.74, 6) is 0.254. The third-order valence-electron chi connectivity index (χ3n) is 4.64. The van der Waals surface area contributed by atoms with Crippen molar-refractivity contribution in [3.05, 3.63) is 40.8 Å². The van der Waals surface area contributed by atoms with Gasteiger partial charge in [0.25, 0.3) is 0 Å². The molecule has 1 saturated heterocycles. The summed E-state index contributed by atoms with van der Waals surface area (Å²) in [5, 5.41) is 4.34. The van der Waals surface area contributed by atoms with Gasteiger partial charge in [0.1, 0.15) is 0 Å². The lowest BCUT2D eigenvalue weighted by Crippen LogP contribution is -2.33. The molecule has 1 fully saturated rings. The molecule has 0 unspecified atom stereocenters. The zero-order valence-corrected chi connectivity index (χ0v) is 14.5. The van der Waals surface area contributed by atoms with Crippen LogP contribution in [0.15, 0.2) is 18.3 Å².